The molecule has 2 saturated carbocycles. The molecule has 0 aliphatic heterocycles. The standard InChI is InChI=1S/C21H24N2O/c24-21(14-19-13-17-9-10-18(19)12-17)22-20-8-4-5-11-23(20)15-16-6-2-1-3-7-16/h1-8,11,17-19H,9-10,12-15H2/t17-,18-,19+/m0/s1. The van der Waals surface area contributed by atoms with Crippen molar-refractivity contribution in [3.05, 3.63) is 65.8 Å². The van der Waals surface area contributed by atoms with E-state index in [2.05, 4.69) is 17.1 Å². The first-order valence-corrected chi connectivity index (χ1v) is 9.05. The zero-order valence-electron chi connectivity index (χ0n) is 14.0. The lowest BCUT2D eigenvalue weighted by molar-refractivity contribution is -0.119. The molecule has 4 rings (SSSR count). The van der Waals surface area contributed by atoms with Gasteiger partial charge in [0.2, 0.25) is 5.91 Å². The number of hydrogen-bond donors (Lipinski definition) is 0. The first kappa shape index (κ1) is 15.4. The average molecular weight is 320 g/mol. The fraction of sp³-hybridized carbons (Fsp3) is 0.429. The highest BCUT2D eigenvalue weighted by atomic mass is 16.1. The molecule has 1 aromatic heterocycles. The number of aromatic nitrogens is 1. The number of carbonyl (C=O) groups is 1. The third-order valence-corrected chi connectivity index (χ3v) is 5.67. The van der Waals surface area contributed by atoms with E-state index in [4.69, 9.17) is 0 Å². The second-order valence-electron chi connectivity index (χ2n) is 7.32. The van der Waals surface area contributed by atoms with Gasteiger partial charge in [-0.1, -0.05) is 42.8 Å². The van der Waals surface area contributed by atoms with E-state index in [-0.39, 0.29) is 5.91 Å². The molecule has 2 aromatic rings. The summed E-state index contributed by atoms with van der Waals surface area (Å²) in [7, 11) is 0. The summed E-state index contributed by atoms with van der Waals surface area (Å²) in [4.78, 5) is 16.9. The second kappa shape index (κ2) is 6.76. The summed E-state index contributed by atoms with van der Waals surface area (Å²) >= 11 is 0. The van der Waals surface area contributed by atoms with Crippen LogP contribution in [0.15, 0.2) is 59.7 Å². The third-order valence-electron chi connectivity index (χ3n) is 5.67. The number of benzene rings is 1. The molecule has 1 amide bonds. The monoisotopic (exact) mass is 320 g/mol. The lowest BCUT2D eigenvalue weighted by Crippen LogP contribution is -2.23. The SMILES string of the molecule is O=C(C[C@H]1C[C@H]2CC[C@H]1C2)N=c1ccccn1Cc1ccccc1. The maximum atomic E-state index is 12.5. The number of nitrogens with zero attached hydrogens (tertiary/aromatic N) is 2. The number of fused-ring (bicyclic) bond motifs is 2. The van der Waals surface area contributed by atoms with Gasteiger partial charge >= 0.3 is 0 Å². The second-order valence-corrected chi connectivity index (χ2v) is 7.32. The summed E-state index contributed by atoms with van der Waals surface area (Å²) in [5.74, 6) is 2.28. The molecule has 3 atom stereocenters. The van der Waals surface area contributed by atoms with Gasteiger partial charge in [0.1, 0.15) is 5.49 Å². The molecule has 1 heterocycles. The summed E-state index contributed by atoms with van der Waals surface area (Å²) in [5, 5.41) is 0. The minimum atomic E-state index is 0.0422. The number of rotatable bonds is 4. The van der Waals surface area contributed by atoms with E-state index >= 15 is 0 Å². The molecule has 0 unspecified atom stereocenters. The molecule has 0 spiro atoms. The predicted octanol–water partition coefficient (Wildman–Crippen LogP) is 3.79. The highest BCUT2D eigenvalue weighted by Crippen LogP contribution is 2.49. The third kappa shape index (κ3) is 3.35. The molecule has 24 heavy (non-hydrogen) atoms. The molecule has 1 aromatic carbocycles. The van der Waals surface area contributed by atoms with E-state index in [1.807, 2.05) is 47.2 Å². The Morgan fingerprint density at radius 1 is 1.04 bits per heavy atom. The Morgan fingerprint density at radius 2 is 1.88 bits per heavy atom. The molecule has 2 aliphatic carbocycles. The first-order valence-electron chi connectivity index (χ1n) is 9.05. The van der Waals surface area contributed by atoms with Crippen LogP contribution in [-0.2, 0) is 11.3 Å². The Labute approximate surface area is 143 Å². The van der Waals surface area contributed by atoms with E-state index < -0.39 is 0 Å². The van der Waals surface area contributed by atoms with E-state index in [9.17, 15) is 4.79 Å². The molecule has 0 radical (unpaired) electrons. The summed E-state index contributed by atoms with van der Waals surface area (Å²) in [6, 6.07) is 16.2. The lowest BCUT2D eigenvalue weighted by Gasteiger charge is -2.19. The van der Waals surface area contributed by atoms with Gasteiger partial charge in [0.15, 0.2) is 0 Å². The molecular weight excluding hydrogens is 296 g/mol. The van der Waals surface area contributed by atoms with Gasteiger partial charge in [-0.25, -0.2) is 0 Å². The summed E-state index contributed by atoms with van der Waals surface area (Å²) in [5.41, 5.74) is 1.97. The van der Waals surface area contributed by atoms with Crippen molar-refractivity contribution in [3.8, 4) is 0 Å². The van der Waals surface area contributed by atoms with E-state index in [1.165, 1.54) is 31.2 Å². The molecule has 3 heteroatoms. The molecule has 3 nitrogen and oxygen atoms in total. The van der Waals surface area contributed by atoms with Gasteiger partial charge in [-0.3, -0.25) is 4.79 Å². The number of pyridine rings is 1. The van der Waals surface area contributed by atoms with E-state index in [0.29, 0.717) is 12.3 Å². The molecule has 2 bridgehead atoms. The van der Waals surface area contributed by atoms with Crippen LogP contribution in [0.1, 0.15) is 37.7 Å². The number of carbonyl (C=O) groups excluding carboxylic acids is 1. The van der Waals surface area contributed by atoms with Crippen LogP contribution in [0.2, 0.25) is 0 Å². The average Bonchev–Trinajstić information content (AvgIpc) is 3.20. The summed E-state index contributed by atoms with van der Waals surface area (Å²) < 4.78 is 2.05. The van der Waals surface area contributed by atoms with E-state index in [0.717, 1.165) is 23.9 Å². The zero-order chi connectivity index (χ0) is 16.4. The van der Waals surface area contributed by atoms with Gasteiger partial charge in [0.05, 0.1) is 0 Å². The van der Waals surface area contributed by atoms with Gasteiger partial charge in [0, 0.05) is 19.2 Å². The largest absolute Gasteiger partial charge is 0.329 e. The van der Waals surface area contributed by atoms with Crippen molar-refractivity contribution in [1.29, 1.82) is 0 Å². The van der Waals surface area contributed by atoms with Gasteiger partial charge in [-0.05, 0) is 54.7 Å². The fourth-order valence-corrected chi connectivity index (χ4v) is 4.51. The Kier molecular flexibility index (Phi) is 4.33. The number of hydrogen-bond acceptors (Lipinski definition) is 1. The number of amides is 1. The normalized spacial score (nSPS) is 26.0. The molecule has 0 saturated heterocycles. The molecule has 124 valence electrons. The fourth-order valence-electron chi connectivity index (χ4n) is 4.51. The predicted molar refractivity (Wildman–Crippen MR) is 94.1 cm³/mol. The maximum absolute atomic E-state index is 12.5. The lowest BCUT2D eigenvalue weighted by atomic mass is 9.86. The van der Waals surface area contributed by atoms with Crippen molar-refractivity contribution in [2.75, 3.05) is 0 Å². The van der Waals surface area contributed by atoms with Crippen LogP contribution in [0.3, 0.4) is 0 Å². The minimum Gasteiger partial charge on any atom is -0.329 e. The summed E-state index contributed by atoms with van der Waals surface area (Å²) in [6.07, 6.45) is 7.91. The molecular formula is C21H24N2O. The van der Waals surface area contributed by atoms with Gasteiger partial charge in [-0.2, -0.15) is 4.99 Å². The highest BCUT2D eigenvalue weighted by molar-refractivity contribution is 5.77. The molecule has 2 fully saturated rings. The zero-order valence-corrected chi connectivity index (χ0v) is 14.0. The molecule has 2 aliphatic rings. The van der Waals surface area contributed by atoms with Gasteiger partial charge in [-0.15, -0.1) is 0 Å². The van der Waals surface area contributed by atoms with Crippen molar-refractivity contribution >= 4 is 5.91 Å². The topological polar surface area (TPSA) is 34.4 Å². The van der Waals surface area contributed by atoms with Gasteiger partial charge < -0.3 is 4.57 Å². The Morgan fingerprint density at radius 3 is 2.62 bits per heavy atom. The van der Waals surface area contributed by atoms with Crippen LogP contribution < -0.4 is 5.49 Å². The minimum absolute atomic E-state index is 0.0422. The maximum Gasteiger partial charge on any atom is 0.247 e. The first-order chi connectivity index (χ1) is 11.8. The smallest absolute Gasteiger partial charge is 0.247 e. The quantitative estimate of drug-likeness (QED) is 0.844. The van der Waals surface area contributed by atoms with Crippen molar-refractivity contribution < 1.29 is 4.79 Å². The van der Waals surface area contributed by atoms with E-state index in [1.54, 1.807) is 0 Å². The van der Waals surface area contributed by atoms with Crippen LogP contribution in [0.5, 0.6) is 0 Å². The van der Waals surface area contributed by atoms with Gasteiger partial charge in [0.25, 0.3) is 0 Å². The summed E-state index contributed by atoms with van der Waals surface area (Å²) in [6.45, 7) is 0.738. The van der Waals surface area contributed by atoms with Crippen molar-refractivity contribution in [1.82, 2.24) is 4.57 Å². The van der Waals surface area contributed by atoms with Crippen LogP contribution in [0.4, 0.5) is 0 Å². The van der Waals surface area contributed by atoms with Crippen molar-refractivity contribution in [3.63, 3.8) is 0 Å². The van der Waals surface area contributed by atoms with Crippen molar-refractivity contribution in [2.24, 2.45) is 22.7 Å². The Balaban J connectivity index is 1.50. The van der Waals surface area contributed by atoms with Crippen LogP contribution >= 0.6 is 0 Å². The Bertz CT molecular complexity index is 778. The highest BCUT2D eigenvalue weighted by Gasteiger charge is 2.40. The van der Waals surface area contributed by atoms with Crippen LogP contribution in [-0.4, -0.2) is 10.5 Å². The molecule has 0 N–H and O–H groups in total. The van der Waals surface area contributed by atoms with Crippen LogP contribution in [0.25, 0.3) is 0 Å². The Hall–Kier alpha value is -2.16. The van der Waals surface area contributed by atoms with Crippen LogP contribution in [0, 0.1) is 17.8 Å². The van der Waals surface area contributed by atoms with Crippen molar-refractivity contribution in [2.45, 2.75) is 38.6 Å².